The summed E-state index contributed by atoms with van der Waals surface area (Å²) in [5.74, 6) is 0.582. The van der Waals surface area contributed by atoms with Crippen molar-refractivity contribution in [2.24, 2.45) is 0 Å². The highest BCUT2D eigenvalue weighted by molar-refractivity contribution is 5.93. The van der Waals surface area contributed by atoms with Crippen LogP contribution in [0, 0.1) is 13.8 Å². The fourth-order valence-electron chi connectivity index (χ4n) is 4.50. The molecule has 3 aromatic carbocycles. The molecule has 0 aliphatic carbocycles. The van der Waals surface area contributed by atoms with Crippen LogP contribution in [0.3, 0.4) is 0 Å². The van der Waals surface area contributed by atoms with Gasteiger partial charge in [-0.05, 0) is 59.9 Å². The Balaban J connectivity index is 1.65. The Morgan fingerprint density at radius 3 is 2.48 bits per heavy atom. The summed E-state index contributed by atoms with van der Waals surface area (Å²) in [7, 11) is 0. The van der Waals surface area contributed by atoms with Crippen molar-refractivity contribution < 1.29 is 4.74 Å². The SMILES string of the molecule is Cc1cccc(-c2cccc(C)c2-c2ccc3nc(N)c(N4CCOCC4)cc3c2)c1. The van der Waals surface area contributed by atoms with Gasteiger partial charge in [0.25, 0.3) is 0 Å². The number of pyridine rings is 1. The van der Waals surface area contributed by atoms with Crippen LogP contribution in [0.4, 0.5) is 11.5 Å². The highest BCUT2D eigenvalue weighted by atomic mass is 16.5. The van der Waals surface area contributed by atoms with Crippen molar-refractivity contribution in [2.75, 3.05) is 36.9 Å². The van der Waals surface area contributed by atoms with E-state index in [4.69, 9.17) is 15.5 Å². The van der Waals surface area contributed by atoms with Crippen molar-refractivity contribution in [1.82, 2.24) is 4.98 Å². The number of nitrogens with zero attached hydrogens (tertiary/aromatic N) is 2. The number of nitrogen functional groups attached to an aromatic ring is 1. The van der Waals surface area contributed by atoms with Crippen LogP contribution in [0.2, 0.25) is 0 Å². The Morgan fingerprint density at radius 2 is 1.68 bits per heavy atom. The molecule has 2 N–H and O–H groups in total. The Kier molecular flexibility index (Phi) is 5.08. The molecule has 156 valence electrons. The van der Waals surface area contributed by atoms with E-state index >= 15 is 0 Å². The summed E-state index contributed by atoms with van der Waals surface area (Å²) in [4.78, 5) is 6.96. The number of morpholine rings is 1. The third kappa shape index (κ3) is 3.75. The van der Waals surface area contributed by atoms with Gasteiger partial charge in [0, 0.05) is 18.5 Å². The Bertz CT molecular complexity index is 1260. The topological polar surface area (TPSA) is 51.4 Å². The first-order chi connectivity index (χ1) is 15.1. The zero-order valence-electron chi connectivity index (χ0n) is 18.1. The van der Waals surface area contributed by atoms with E-state index in [-0.39, 0.29) is 0 Å². The number of fused-ring (bicyclic) bond motifs is 1. The molecule has 1 aliphatic rings. The molecule has 0 saturated carbocycles. The lowest BCUT2D eigenvalue weighted by Gasteiger charge is -2.29. The molecule has 0 bridgehead atoms. The second-order valence-electron chi connectivity index (χ2n) is 8.27. The van der Waals surface area contributed by atoms with Crippen LogP contribution in [0.15, 0.2) is 66.7 Å². The molecular weight excluding hydrogens is 382 g/mol. The van der Waals surface area contributed by atoms with Gasteiger partial charge in [-0.15, -0.1) is 0 Å². The molecule has 1 aromatic heterocycles. The molecule has 4 aromatic rings. The fourth-order valence-corrected chi connectivity index (χ4v) is 4.50. The van der Waals surface area contributed by atoms with Crippen molar-refractivity contribution >= 4 is 22.4 Å². The molecule has 1 fully saturated rings. The Hall–Kier alpha value is -3.37. The van der Waals surface area contributed by atoms with Gasteiger partial charge < -0.3 is 15.4 Å². The predicted octanol–water partition coefficient (Wildman–Crippen LogP) is 5.60. The van der Waals surface area contributed by atoms with Gasteiger partial charge in [-0.1, -0.05) is 54.1 Å². The van der Waals surface area contributed by atoms with Crippen molar-refractivity contribution in [3.8, 4) is 22.3 Å². The maximum Gasteiger partial charge on any atom is 0.147 e. The van der Waals surface area contributed by atoms with Gasteiger partial charge in [0.05, 0.1) is 24.4 Å². The third-order valence-electron chi connectivity index (χ3n) is 6.07. The van der Waals surface area contributed by atoms with Crippen LogP contribution in [0.5, 0.6) is 0 Å². The predicted molar refractivity (Wildman–Crippen MR) is 130 cm³/mol. The molecule has 2 heterocycles. The van der Waals surface area contributed by atoms with E-state index in [1.165, 1.54) is 33.4 Å². The summed E-state index contributed by atoms with van der Waals surface area (Å²) in [5, 5.41) is 1.10. The first-order valence-corrected chi connectivity index (χ1v) is 10.8. The lowest BCUT2D eigenvalue weighted by Crippen LogP contribution is -2.36. The molecule has 0 amide bonds. The number of anilines is 2. The maximum atomic E-state index is 6.31. The highest BCUT2D eigenvalue weighted by Crippen LogP contribution is 2.37. The molecule has 5 rings (SSSR count). The Labute approximate surface area is 183 Å². The summed E-state index contributed by atoms with van der Waals surface area (Å²) >= 11 is 0. The van der Waals surface area contributed by atoms with Gasteiger partial charge in [-0.2, -0.15) is 0 Å². The number of rotatable bonds is 3. The van der Waals surface area contributed by atoms with E-state index in [9.17, 15) is 0 Å². The van der Waals surface area contributed by atoms with Crippen LogP contribution >= 0.6 is 0 Å². The van der Waals surface area contributed by atoms with E-state index < -0.39 is 0 Å². The van der Waals surface area contributed by atoms with Crippen LogP contribution in [0.1, 0.15) is 11.1 Å². The summed E-state index contributed by atoms with van der Waals surface area (Å²) < 4.78 is 5.50. The third-order valence-corrected chi connectivity index (χ3v) is 6.07. The molecule has 1 saturated heterocycles. The van der Waals surface area contributed by atoms with E-state index in [0.29, 0.717) is 5.82 Å². The zero-order valence-corrected chi connectivity index (χ0v) is 18.1. The van der Waals surface area contributed by atoms with Crippen LogP contribution in [0.25, 0.3) is 33.2 Å². The number of aromatic nitrogens is 1. The normalized spacial score (nSPS) is 14.2. The summed E-state index contributed by atoms with van der Waals surface area (Å²) in [6, 6.07) is 23.9. The quantitative estimate of drug-likeness (QED) is 0.478. The van der Waals surface area contributed by atoms with Gasteiger partial charge in [-0.25, -0.2) is 4.98 Å². The van der Waals surface area contributed by atoms with Gasteiger partial charge in [-0.3, -0.25) is 0 Å². The minimum Gasteiger partial charge on any atom is -0.382 e. The number of nitrogens with two attached hydrogens (primary N) is 1. The second kappa shape index (κ2) is 8.05. The Morgan fingerprint density at radius 1 is 0.871 bits per heavy atom. The van der Waals surface area contributed by atoms with Gasteiger partial charge >= 0.3 is 0 Å². The van der Waals surface area contributed by atoms with Gasteiger partial charge in [0.15, 0.2) is 0 Å². The molecule has 0 spiro atoms. The van der Waals surface area contributed by atoms with E-state index in [1.807, 2.05) is 0 Å². The lowest BCUT2D eigenvalue weighted by atomic mass is 9.90. The number of aryl methyl sites for hydroxylation is 2. The average molecular weight is 410 g/mol. The minimum atomic E-state index is 0.582. The fraction of sp³-hybridized carbons (Fsp3) is 0.222. The highest BCUT2D eigenvalue weighted by Gasteiger charge is 2.17. The number of benzene rings is 3. The zero-order chi connectivity index (χ0) is 21.4. The molecule has 0 unspecified atom stereocenters. The van der Waals surface area contributed by atoms with Crippen LogP contribution in [-0.2, 0) is 4.74 Å². The standard InChI is InChI=1S/C27H27N3O/c1-18-5-3-7-20(15-18)23-8-4-6-19(2)26(23)21-9-10-24-22(16-21)17-25(27(28)29-24)30-11-13-31-14-12-30/h3-10,15-17H,11-14H2,1-2H3,(H2,28,29). The summed E-state index contributed by atoms with van der Waals surface area (Å²) in [6.07, 6.45) is 0. The monoisotopic (exact) mass is 409 g/mol. The van der Waals surface area contributed by atoms with Crippen LogP contribution in [-0.4, -0.2) is 31.3 Å². The van der Waals surface area contributed by atoms with Crippen molar-refractivity contribution in [3.63, 3.8) is 0 Å². The minimum absolute atomic E-state index is 0.582. The summed E-state index contributed by atoms with van der Waals surface area (Å²) in [6.45, 7) is 7.44. The van der Waals surface area contributed by atoms with Gasteiger partial charge in [0.2, 0.25) is 0 Å². The molecular formula is C27H27N3O. The first-order valence-electron chi connectivity index (χ1n) is 10.8. The number of ether oxygens (including phenoxy) is 1. The van der Waals surface area contributed by atoms with E-state index in [0.717, 1.165) is 42.9 Å². The van der Waals surface area contributed by atoms with Crippen LogP contribution < -0.4 is 10.6 Å². The maximum absolute atomic E-state index is 6.31. The molecule has 0 radical (unpaired) electrons. The smallest absolute Gasteiger partial charge is 0.147 e. The first kappa shape index (κ1) is 19.6. The van der Waals surface area contributed by atoms with Crippen molar-refractivity contribution in [2.45, 2.75) is 13.8 Å². The number of hydrogen-bond acceptors (Lipinski definition) is 4. The molecule has 31 heavy (non-hydrogen) atoms. The summed E-state index contributed by atoms with van der Waals surface area (Å²) in [5.41, 5.74) is 15.7. The second-order valence-corrected chi connectivity index (χ2v) is 8.27. The van der Waals surface area contributed by atoms with Gasteiger partial charge in [0.1, 0.15) is 5.82 Å². The molecule has 1 aliphatic heterocycles. The lowest BCUT2D eigenvalue weighted by molar-refractivity contribution is 0.123. The van der Waals surface area contributed by atoms with E-state index in [2.05, 4.69) is 85.5 Å². The largest absolute Gasteiger partial charge is 0.382 e. The number of hydrogen-bond donors (Lipinski definition) is 1. The van der Waals surface area contributed by atoms with Crippen molar-refractivity contribution in [1.29, 1.82) is 0 Å². The molecule has 4 heteroatoms. The average Bonchev–Trinajstić information content (AvgIpc) is 2.79. The molecule has 4 nitrogen and oxygen atoms in total. The van der Waals surface area contributed by atoms with Crippen molar-refractivity contribution in [3.05, 3.63) is 77.9 Å². The molecule has 0 atom stereocenters. The van der Waals surface area contributed by atoms with E-state index in [1.54, 1.807) is 0 Å².